The Bertz CT molecular complexity index is 1220. The van der Waals surface area contributed by atoms with Gasteiger partial charge in [-0.05, 0) is 63.5 Å². The van der Waals surface area contributed by atoms with Crippen molar-refractivity contribution in [3.05, 3.63) is 41.5 Å². The van der Waals surface area contributed by atoms with Crippen LogP contribution >= 0.6 is 12.4 Å². The van der Waals surface area contributed by atoms with E-state index in [2.05, 4.69) is 15.3 Å². The van der Waals surface area contributed by atoms with Crippen LogP contribution in [-0.2, 0) is 0 Å². The van der Waals surface area contributed by atoms with Gasteiger partial charge in [0.05, 0.1) is 24.8 Å². The molecular formula is C26H32ClFN4O3. The van der Waals surface area contributed by atoms with E-state index in [0.29, 0.717) is 40.4 Å². The Balaban J connectivity index is 0.00000289. The normalized spacial score (nSPS) is 19.8. The second-order valence-electron chi connectivity index (χ2n) is 9.53. The minimum atomic E-state index is -0.475. The van der Waals surface area contributed by atoms with Crippen molar-refractivity contribution in [3.63, 3.8) is 0 Å². The number of hydrogen-bond donors (Lipinski definition) is 3. The number of aryl methyl sites for hydroxylation is 1. The molecule has 2 saturated carbocycles. The molecule has 0 bridgehead atoms. The summed E-state index contributed by atoms with van der Waals surface area (Å²) in [5, 5.41) is 3.16. The highest BCUT2D eigenvalue weighted by atomic mass is 35.5. The summed E-state index contributed by atoms with van der Waals surface area (Å²) in [6.07, 6.45) is 7.52. The van der Waals surface area contributed by atoms with Crippen molar-refractivity contribution in [3.8, 4) is 22.6 Å². The second kappa shape index (κ2) is 10.4. The minimum absolute atomic E-state index is 0. The first-order valence-electron chi connectivity index (χ1n) is 12.0. The van der Waals surface area contributed by atoms with Crippen LogP contribution < -0.4 is 20.5 Å². The number of fused-ring (bicyclic) bond motifs is 1. The fourth-order valence-electron chi connectivity index (χ4n) is 4.74. The number of amides is 1. The van der Waals surface area contributed by atoms with Crippen LogP contribution in [0.25, 0.3) is 22.2 Å². The molecule has 2 aliphatic rings. The summed E-state index contributed by atoms with van der Waals surface area (Å²) in [7, 11) is 1.44. The molecule has 4 N–H and O–H groups in total. The van der Waals surface area contributed by atoms with Crippen LogP contribution in [0.1, 0.15) is 54.6 Å². The van der Waals surface area contributed by atoms with Crippen LogP contribution in [0.5, 0.6) is 11.5 Å². The standard InChI is InChI=1S/C26H31FN4O3.ClH/c1-14-23(26(32)31-17-7-5-16(28)6-8-17)25-24(30-14)18(9-10-29-25)19-11-22(33-2)20(27)12-21(19)34-13-15-3-4-15;/h9-12,15-17,30H,3-8,13,28H2,1-2H3,(H,31,32);1H. The lowest BCUT2D eigenvalue weighted by atomic mass is 9.91. The van der Waals surface area contributed by atoms with E-state index in [4.69, 9.17) is 15.2 Å². The van der Waals surface area contributed by atoms with Crippen LogP contribution in [-0.4, -0.2) is 41.7 Å². The van der Waals surface area contributed by atoms with Crippen LogP contribution in [0.4, 0.5) is 4.39 Å². The lowest BCUT2D eigenvalue weighted by Crippen LogP contribution is -2.40. The smallest absolute Gasteiger partial charge is 0.255 e. The lowest BCUT2D eigenvalue weighted by molar-refractivity contribution is 0.0927. The van der Waals surface area contributed by atoms with E-state index in [0.717, 1.165) is 49.8 Å². The first-order valence-corrected chi connectivity index (χ1v) is 12.0. The van der Waals surface area contributed by atoms with Gasteiger partial charge < -0.3 is 25.5 Å². The number of halogens is 2. The predicted molar refractivity (Wildman–Crippen MR) is 136 cm³/mol. The molecular weight excluding hydrogens is 471 g/mol. The molecule has 0 radical (unpaired) electrons. The summed E-state index contributed by atoms with van der Waals surface area (Å²) in [6, 6.07) is 5.20. The van der Waals surface area contributed by atoms with Gasteiger partial charge >= 0.3 is 0 Å². The van der Waals surface area contributed by atoms with Gasteiger partial charge in [0.2, 0.25) is 0 Å². The first-order chi connectivity index (χ1) is 16.4. The number of pyridine rings is 1. The maximum Gasteiger partial charge on any atom is 0.255 e. The van der Waals surface area contributed by atoms with Crippen LogP contribution in [0.3, 0.4) is 0 Å². The van der Waals surface area contributed by atoms with E-state index < -0.39 is 5.82 Å². The number of nitrogens with two attached hydrogens (primary N) is 1. The van der Waals surface area contributed by atoms with Crippen molar-refractivity contribution < 1.29 is 18.7 Å². The molecule has 5 rings (SSSR count). The summed E-state index contributed by atoms with van der Waals surface area (Å²) < 4.78 is 25.8. The summed E-state index contributed by atoms with van der Waals surface area (Å²) in [4.78, 5) is 21.1. The molecule has 7 nitrogen and oxygen atoms in total. The Morgan fingerprint density at radius 2 is 1.91 bits per heavy atom. The highest BCUT2D eigenvalue weighted by molar-refractivity contribution is 6.09. The zero-order valence-electron chi connectivity index (χ0n) is 20.0. The zero-order valence-corrected chi connectivity index (χ0v) is 20.8. The number of carbonyl (C=O) groups excluding carboxylic acids is 1. The Kier molecular flexibility index (Phi) is 7.52. The largest absolute Gasteiger partial charge is 0.494 e. The van der Waals surface area contributed by atoms with Gasteiger partial charge in [-0.3, -0.25) is 9.78 Å². The second-order valence-corrected chi connectivity index (χ2v) is 9.53. The Hall–Kier alpha value is -2.84. The van der Waals surface area contributed by atoms with Gasteiger partial charge in [-0.2, -0.15) is 0 Å². The molecule has 0 saturated heterocycles. The van der Waals surface area contributed by atoms with Crippen molar-refractivity contribution in [2.75, 3.05) is 13.7 Å². The number of carbonyl (C=O) groups is 1. The average Bonchev–Trinajstić information content (AvgIpc) is 3.59. The van der Waals surface area contributed by atoms with Gasteiger partial charge in [0.25, 0.3) is 5.91 Å². The highest BCUT2D eigenvalue weighted by Gasteiger charge is 2.26. The third kappa shape index (κ3) is 5.23. The van der Waals surface area contributed by atoms with E-state index in [1.807, 2.05) is 13.0 Å². The molecule has 1 aromatic carbocycles. The average molecular weight is 503 g/mol. The Morgan fingerprint density at radius 3 is 2.60 bits per heavy atom. The minimum Gasteiger partial charge on any atom is -0.494 e. The lowest BCUT2D eigenvalue weighted by Gasteiger charge is -2.26. The number of rotatable bonds is 7. The molecule has 0 spiro atoms. The number of benzene rings is 1. The molecule has 9 heteroatoms. The van der Waals surface area contributed by atoms with Crippen molar-refractivity contribution in [1.82, 2.24) is 15.3 Å². The summed E-state index contributed by atoms with van der Waals surface area (Å²) in [5.74, 6) is 0.492. The molecule has 0 unspecified atom stereocenters. The van der Waals surface area contributed by atoms with Gasteiger partial charge in [-0.1, -0.05) is 0 Å². The van der Waals surface area contributed by atoms with Gasteiger partial charge in [-0.25, -0.2) is 4.39 Å². The Morgan fingerprint density at radius 1 is 1.17 bits per heavy atom. The molecule has 35 heavy (non-hydrogen) atoms. The third-order valence-corrected chi connectivity index (χ3v) is 6.93. The molecule has 3 aromatic rings. The van der Waals surface area contributed by atoms with Crippen molar-refractivity contribution in [2.24, 2.45) is 11.7 Å². The molecule has 2 aliphatic carbocycles. The van der Waals surface area contributed by atoms with E-state index in [9.17, 15) is 9.18 Å². The molecule has 1 amide bonds. The monoisotopic (exact) mass is 502 g/mol. The number of nitrogens with zero attached hydrogens (tertiary/aromatic N) is 1. The van der Waals surface area contributed by atoms with E-state index in [1.165, 1.54) is 13.2 Å². The zero-order chi connectivity index (χ0) is 23.8. The van der Waals surface area contributed by atoms with E-state index >= 15 is 0 Å². The summed E-state index contributed by atoms with van der Waals surface area (Å²) in [6.45, 7) is 2.42. The number of nitrogens with one attached hydrogen (secondary N) is 2. The molecule has 2 fully saturated rings. The molecule has 0 aliphatic heterocycles. The van der Waals surface area contributed by atoms with Crippen molar-refractivity contribution >= 4 is 29.3 Å². The number of methoxy groups -OCH3 is 1. The topological polar surface area (TPSA) is 102 Å². The van der Waals surface area contributed by atoms with Gasteiger partial charge in [-0.15, -0.1) is 12.4 Å². The number of ether oxygens (including phenoxy) is 2. The summed E-state index contributed by atoms with van der Waals surface area (Å²) in [5.41, 5.74) is 10.0. The van der Waals surface area contributed by atoms with Crippen LogP contribution in [0, 0.1) is 18.7 Å². The van der Waals surface area contributed by atoms with Crippen LogP contribution in [0.15, 0.2) is 24.4 Å². The van der Waals surface area contributed by atoms with Gasteiger partial charge in [0.1, 0.15) is 11.3 Å². The maximum absolute atomic E-state index is 14.5. The predicted octanol–water partition coefficient (Wildman–Crippen LogP) is 4.90. The highest BCUT2D eigenvalue weighted by Crippen LogP contribution is 2.40. The number of aromatic amines is 1. The SMILES string of the molecule is COc1cc(-c2ccnc3c(C(=O)NC4CCC(N)CC4)c(C)[nH]c23)c(OCC2CC2)cc1F.Cl. The van der Waals surface area contributed by atoms with Gasteiger partial charge in [0, 0.05) is 41.2 Å². The summed E-state index contributed by atoms with van der Waals surface area (Å²) >= 11 is 0. The fourth-order valence-corrected chi connectivity index (χ4v) is 4.74. The van der Waals surface area contributed by atoms with Crippen LogP contribution in [0.2, 0.25) is 0 Å². The Labute approximate surface area is 210 Å². The molecule has 0 atom stereocenters. The number of aromatic nitrogens is 2. The third-order valence-electron chi connectivity index (χ3n) is 6.93. The fraction of sp³-hybridized carbons (Fsp3) is 0.462. The quantitative estimate of drug-likeness (QED) is 0.426. The molecule has 2 heterocycles. The first kappa shape index (κ1) is 25.3. The van der Waals surface area contributed by atoms with Gasteiger partial charge in [0.15, 0.2) is 11.6 Å². The number of H-pyrrole nitrogens is 1. The number of hydrogen-bond acceptors (Lipinski definition) is 5. The molecule has 2 aromatic heterocycles. The maximum atomic E-state index is 14.5. The van der Waals surface area contributed by atoms with Crippen molar-refractivity contribution in [2.45, 2.75) is 57.5 Å². The van der Waals surface area contributed by atoms with Crippen molar-refractivity contribution in [1.29, 1.82) is 0 Å². The molecule has 188 valence electrons. The van der Waals surface area contributed by atoms with E-state index in [1.54, 1.807) is 12.3 Å². The van der Waals surface area contributed by atoms with E-state index in [-0.39, 0.29) is 36.1 Å².